The van der Waals surface area contributed by atoms with E-state index in [1.807, 2.05) is 0 Å². The van der Waals surface area contributed by atoms with Crippen LogP contribution in [0.5, 0.6) is 0 Å². The van der Waals surface area contributed by atoms with Crippen molar-refractivity contribution in [3.05, 3.63) is 41.1 Å². The fourth-order valence-corrected chi connectivity index (χ4v) is 3.35. The van der Waals surface area contributed by atoms with E-state index < -0.39 is 11.7 Å². The molecule has 0 bridgehead atoms. The van der Waals surface area contributed by atoms with E-state index in [0.717, 1.165) is 61.6 Å². The van der Waals surface area contributed by atoms with Crippen LogP contribution in [0.25, 0.3) is 5.69 Å². The van der Waals surface area contributed by atoms with Crippen LogP contribution >= 0.6 is 11.8 Å². The van der Waals surface area contributed by atoms with Crippen LogP contribution in [0.4, 0.5) is 19.0 Å². The molecular weight excluding hydrogens is 335 g/mol. The summed E-state index contributed by atoms with van der Waals surface area (Å²) in [7, 11) is 0. The Labute approximate surface area is 143 Å². The minimum absolute atomic E-state index is 0.639. The molecule has 2 aromatic rings. The molecule has 24 heavy (non-hydrogen) atoms. The first kappa shape index (κ1) is 17.2. The quantitative estimate of drug-likeness (QED) is 0.873. The number of alkyl halides is 3. The molecule has 0 amide bonds. The number of hydrogen-bond donors (Lipinski definition) is 1. The number of aryl methyl sites for hydroxylation is 1. The van der Waals surface area contributed by atoms with E-state index in [9.17, 15) is 13.2 Å². The van der Waals surface area contributed by atoms with Gasteiger partial charge in [0.25, 0.3) is 0 Å². The molecule has 1 aliphatic heterocycles. The van der Waals surface area contributed by atoms with E-state index in [2.05, 4.69) is 11.6 Å². The molecule has 130 valence electrons. The normalized spacial score (nSPS) is 14.8. The molecule has 3 nitrogen and oxygen atoms in total. The fourth-order valence-electron chi connectivity index (χ4n) is 2.95. The Morgan fingerprint density at radius 2 is 1.96 bits per heavy atom. The van der Waals surface area contributed by atoms with E-state index in [1.165, 1.54) is 17.7 Å². The SMILES string of the molecule is CSCCc1nn(-c2ccc(C(F)(F)F)cc2)c2c1CCCCN2. The second kappa shape index (κ2) is 7.09. The Bertz CT molecular complexity index is 692. The Morgan fingerprint density at radius 3 is 2.62 bits per heavy atom. The highest BCUT2D eigenvalue weighted by molar-refractivity contribution is 7.98. The zero-order chi connectivity index (χ0) is 17.2. The standard InChI is InChI=1S/C17H20F3N3S/c1-24-11-9-15-14-4-2-3-10-21-16(14)23(22-15)13-7-5-12(6-8-13)17(18,19)20/h5-8,21H,2-4,9-11H2,1H3. The van der Waals surface area contributed by atoms with Crippen molar-refractivity contribution in [1.29, 1.82) is 0 Å². The second-order valence-electron chi connectivity index (χ2n) is 5.86. The molecule has 0 radical (unpaired) electrons. The van der Waals surface area contributed by atoms with Crippen LogP contribution in [-0.4, -0.2) is 28.3 Å². The maximum Gasteiger partial charge on any atom is 0.416 e. The highest BCUT2D eigenvalue weighted by Gasteiger charge is 2.30. The summed E-state index contributed by atoms with van der Waals surface area (Å²) < 4.78 is 40.0. The van der Waals surface area contributed by atoms with Gasteiger partial charge in [0.05, 0.1) is 16.9 Å². The van der Waals surface area contributed by atoms with Gasteiger partial charge in [-0.3, -0.25) is 0 Å². The summed E-state index contributed by atoms with van der Waals surface area (Å²) in [5, 5.41) is 8.10. The molecule has 0 saturated carbocycles. The van der Waals surface area contributed by atoms with Crippen molar-refractivity contribution in [3.63, 3.8) is 0 Å². The van der Waals surface area contributed by atoms with E-state index in [4.69, 9.17) is 5.10 Å². The Balaban J connectivity index is 1.99. The third-order valence-electron chi connectivity index (χ3n) is 4.19. The highest BCUT2D eigenvalue weighted by atomic mass is 32.2. The minimum Gasteiger partial charge on any atom is -0.370 e. The van der Waals surface area contributed by atoms with E-state index in [0.29, 0.717) is 5.69 Å². The number of aromatic nitrogens is 2. The Hall–Kier alpha value is -1.63. The molecular formula is C17H20F3N3S. The predicted octanol–water partition coefficient (Wildman–Crippen LogP) is 4.54. The van der Waals surface area contributed by atoms with Gasteiger partial charge in [-0.25, -0.2) is 4.68 Å². The summed E-state index contributed by atoms with van der Waals surface area (Å²) in [4.78, 5) is 0. The molecule has 1 N–H and O–H groups in total. The zero-order valence-corrected chi connectivity index (χ0v) is 14.3. The number of anilines is 1. The van der Waals surface area contributed by atoms with Gasteiger partial charge in [-0.15, -0.1) is 0 Å². The van der Waals surface area contributed by atoms with Gasteiger partial charge in [0.1, 0.15) is 5.82 Å². The smallest absolute Gasteiger partial charge is 0.370 e. The number of nitrogens with one attached hydrogen (secondary N) is 1. The molecule has 7 heteroatoms. The molecule has 0 aliphatic carbocycles. The topological polar surface area (TPSA) is 29.9 Å². The van der Waals surface area contributed by atoms with Crippen molar-refractivity contribution >= 4 is 17.6 Å². The second-order valence-corrected chi connectivity index (χ2v) is 6.84. The number of fused-ring (bicyclic) bond motifs is 1. The molecule has 0 spiro atoms. The van der Waals surface area contributed by atoms with Crippen molar-refractivity contribution in [2.45, 2.75) is 31.9 Å². The van der Waals surface area contributed by atoms with Crippen LogP contribution in [0.3, 0.4) is 0 Å². The molecule has 1 aliphatic rings. The lowest BCUT2D eigenvalue weighted by molar-refractivity contribution is -0.137. The first-order valence-corrected chi connectivity index (χ1v) is 9.41. The number of rotatable bonds is 4. The fraction of sp³-hybridized carbons (Fsp3) is 0.471. The number of nitrogens with zero attached hydrogens (tertiary/aromatic N) is 2. The van der Waals surface area contributed by atoms with Crippen LogP contribution in [0.1, 0.15) is 29.7 Å². The van der Waals surface area contributed by atoms with Gasteiger partial charge in [0.2, 0.25) is 0 Å². The van der Waals surface area contributed by atoms with Crippen LogP contribution < -0.4 is 5.32 Å². The average Bonchev–Trinajstić information content (AvgIpc) is 2.73. The summed E-state index contributed by atoms with van der Waals surface area (Å²) in [6, 6.07) is 5.20. The van der Waals surface area contributed by atoms with Crippen LogP contribution in [0.2, 0.25) is 0 Å². The first-order chi connectivity index (χ1) is 11.5. The van der Waals surface area contributed by atoms with Crippen molar-refractivity contribution in [2.75, 3.05) is 23.9 Å². The lowest BCUT2D eigenvalue weighted by Gasteiger charge is -2.11. The van der Waals surface area contributed by atoms with Crippen LogP contribution in [0.15, 0.2) is 24.3 Å². The number of benzene rings is 1. The lowest BCUT2D eigenvalue weighted by atomic mass is 10.1. The van der Waals surface area contributed by atoms with Gasteiger partial charge in [-0.05, 0) is 55.5 Å². The van der Waals surface area contributed by atoms with Crippen LogP contribution in [0, 0.1) is 0 Å². The van der Waals surface area contributed by atoms with E-state index in [-0.39, 0.29) is 0 Å². The number of hydrogen-bond acceptors (Lipinski definition) is 3. The van der Waals surface area contributed by atoms with Crippen molar-refractivity contribution in [3.8, 4) is 5.69 Å². The van der Waals surface area contributed by atoms with E-state index in [1.54, 1.807) is 16.4 Å². The predicted molar refractivity (Wildman–Crippen MR) is 92.1 cm³/mol. The van der Waals surface area contributed by atoms with Crippen molar-refractivity contribution < 1.29 is 13.2 Å². The maximum absolute atomic E-state index is 12.8. The molecule has 0 fully saturated rings. The average molecular weight is 355 g/mol. The Kier molecular flexibility index (Phi) is 5.08. The molecule has 0 saturated heterocycles. The van der Waals surface area contributed by atoms with Gasteiger partial charge >= 0.3 is 6.18 Å². The van der Waals surface area contributed by atoms with Gasteiger partial charge in [0, 0.05) is 18.5 Å². The first-order valence-electron chi connectivity index (χ1n) is 8.02. The molecule has 2 heterocycles. The molecule has 3 rings (SSSR count). The number of halogens is 3. The number of thioether (sulfide) groups is 1. The van der Waals surface area contributed by atoms with Crippen molar-refractivity contribution in [2.24, 2.45) is 0 Å². The zero-order valence-electron chi connectivity index (χ0n) is 13.5. The third kappa shape index (κ3) is 3.55. The summed E-state index contributed by atoms with van der Waals surface area (Å²) in [6.07, 6.45) is 1.77. The maximum atomic E-state index is 12.8. The Morgan fingerprint density at radius 1 is 1.21 bits per heavy atom. The molecule has 0 atom stereocenters. The lowest BCUT2D eigenvalue weighted by Crippen LogP contribution is -2.08. The summed E-state index contributed by atoms with van der Waals surface area (Å²) in [5.74, 6) is 1.92. The van der Waals surface area contributed by atoms with Crippen molar-refractivity contribution in [1.82, 2.24) is 9.78 Å². The summed E-state index contributed by atoms with van der Waals surface area (Å²) in [6.45, 7) is 0.862. The van der Waals surface area contributed by atoms with Gasteiger partial charge < -0.3 is 5.32 Å². The third-order valence-corrected chi connectivity index (χ3v) is 4.81. The monoisotopic (exact) mass is 355 g/mol. The van der Waals surface area contributed by atoms with E-state index >= 15 is 0 Å². The van der Waals surface area contributed by atoms with Gasteiger partial charge in [0.15, 0.2) is 0 Å². The van der Waals surface area contributed by atoms with Gasteiger partial charge in [-0.1, -0.05) is 0 Å². The highest BCUT2D eigenvalue weighted by Crippen LogP contribution is 2.32. The van der Waals surface area contributed by atoms with Gasteiger partial charge in [-0.2, -0.15) is 30.0 Å². The molecule has 1 aromatic heterocycles. The molecule has 0 unspecified atom stereocenters. The summed E-state index contributed by atoms with van der Waals surface area (Å²) >= 11 is 1.77. The minimum atomic E-state index is -4.32. The molecule has 1 aromatic carbocycles. The summed E-state index contributed by atoms with van der Waals surface area (Å²) in [5.41, 5.74) is 2.28. The largest absolute Gasteiger partial charge is 0.416 e. The van der Waals surface area contributed by atoms with Crippen LogP contribution in [-0.2, 0) is 19.0 Å².